The number of rotatable bonds is 6. The van der Waals surface area contributed by atoms with Gasteiger partial charge >= 0.3 is 0 Å². The van der Waals surface area contributed by atoms with Crippen molar-refractivity contribution in [2.75, 3.05) is 13.2 Å². The third-order valence-electron chi connectivity index (χ3n) is 4.76. The predicted octanol–water partition coefficient (Wildman–Crippen LogP) is 4.09. The van der Waals surface area contributed by atoms with Gasteiger partial charge in [-0.2, -0.15) is 0 Å². The number of hydrogen-bond donors (Lipinski definition) is 1. The molecular weight excluding hydrogens is 355 g/mol. The molecule has 1 atom stereocenters. The van der Waals surface area contributed by atoms with Crippen LogP contribution >= 0.6 is 11.6 Å². The molecule has 2 aromatic rings. The fraction of sp³-hybridized carbons (Fsp3) is 0.400. The molecule has 1 aliphatic rings. The minimum Gasteiger partial charge on any atom is -0.381 e. The number of hydrogen-bond acceptors (Lipinski definition) is 3. The Morgan fingerprint density at radius 3 is 2.81 bits per heavy atom. The second kappa shape index (κ2) is 9.10. The lowest BCUT2D eigenvalue weighted by Crippen LogP contribution is -2.36. The Morgan fingerprint density at radius 2 is 2.12 bits per heavy atom. The Bertz CT molecular complexity index is 716. The van der Waals surface area contributed by atoms with Gasteiger partial charge < -0.3 is 10.1 Å². The summed E-state index contributed by atoms with van der Waals surface area (Å²) < 4.78 is 19.3. The van der Waals surface area contributed by atoms with Crippen molar-refractivity contribution in [3.8, 4) is 0 Å². The number of amides is 1. The quantitative estimate of drug-likeness (QED) is 0.826. The SMILES string of the molecule is O=C(CCc1c(F)cccc1Cl)N[C@H](c1cccnc1)C1CCOCC1. The number of nitrogens with one attached hydrogen (secondary N) is 1. The standard InChI is InChI=1S/C20H22ClFN2O2/c21-17-4-1-5-18(22)16(17)6-7-19(25)24-20(14-8-11-26-12-9-14)15-3-2-10-23-13-15/h1-5,10,13-14,20H,6-9,11-12H2,(H,24,25)/t20-/m0/s1. The second-order valence-electron chi connectivity index (χ2n) is 6.48. The van der Waals surface area contributed by atoms with Crippen molar-refractivity contribution < 1.29 is 13.9 Å². The maximum Gasteiger partial charge on any atom is 0.220 e. The molecule has 1 amide bonds. The fourth-order valence-electron chi connectivity index (χ4n) is 3.34. The molecule has 0 bridgehead atoms. The van der Waals surface area contributed by atoms with Crippen LogP contribution in [0.5, 0.6) is 0 Å². The highest BCUT2D eigenvalue weighted by Gasteiger charge is 2.27. The van der Waals surface area contributed by atoms with Crippen LogP contribution < -0.4 is 5.32 Å². The number of nitrogens with zero attached hydrogens (tertiary/aromatic N) is 1. The fourth-order valence-corrected chi connectivity index (χ4v) is 3.60. The molecule has 1 N–H and O–H groups in total. The summed E-state index contributed by atoms with van der Waals surface area (Å²) in [5.74, 6) is -0.197. The first-order valence-electron chi connectivity index (χ1n) is 8.85. The lowest BCUT2D eigenvalue weighted by Gasteiger charge is -2.31. The van der Waals surface area contributed by atoms with Crippen LogP contribution in [0.15, 0.2) is 42.7 Å². The summed E-state index contributed by atoms with van der Waals surface area (Å²) in [7, 11) is 0. The molecule has 1 aliphatic heterocycles. The van der Waals surface area contributed by atoms with Crippen molar-refractivity contribution in [1.29, 1.82) is 0 Å². The number of benzene rings is 1. The van der Waals surface area contributed by atoms with E-state index in [1.54, 1.807) is 24.5 Å². The monoisotopic (exact) mass is 376 g/mol. The van der Waals surface area contributed by atoms with Gasteiger partial charge in [-0.25, -0.2) is 4.39 Å². The molecule has 0 radical (unpaired) electrons. The molecule has 0 spiro atoms. The van der Waals surface area contributed by atoms with Crippen LogP contribution in [0.3, 0.4) is 0 Å². The zero-order valence-electron chi connectivity index (χ0n) is 14.5. The molecule has 0 saturated carbocycles. The maximum atomic E-state index is 13.9. The Labute approximate surface area is 157 Å². The minimum atomic E-state index is -0.376. The highest BCUT2D eigenvalue weighted by atomic mass is 35.5. The first-order valence-corrected chi connectivity index (χ1v) is 9.23. The third-order valence-corrected chi connectivity index (χ3v) is 5.12. The van der Waals surface area contributed by atoms with Crippen molar-refractivity contribution in [3.63, 3.8) is 0 Å². The number of carbonyl (C=O) groups is 1. The molecule has 2 heterocycles. The van der Waals surface area contributed by atoms with Crippen LogP contribution in [-0.4, -0.2) is 24.1 Å². The van der Waals surface area contributed by atoms with Gasteiger partial charge in [0.15, 0.2) is 0 Å². The average molecular weight is 377 g/mol. The van der Waals surface area contributed by atoms with Crippen LogP contribution in [0.2, 0.25) is 5.02 Å². The van der Waals surface area contributed by atoms with Crippen LogP contribution in [-0.2, 0) is 16.0 Å². The van der Waals surface area contributed by atoms with Crippen LogP contribution in [0.25, 0.3) is 0 Å². The van der Waals surface area contributed by atoms with Crippen molar-refractivity contribution in [3.05, 3.63) is 64.7 Å². The van der Waals surface area contributed by atoms with E-state index in [0.717, 1.165) is 18.4 Å². The summed E-state index contributed by atoms with van der Waals surface area (Å²) >= 11 is 6.04. The summed E-state index contributed by atoms with van der Waals surface area (Å²) in [6.45, 7) is 1.39. The summed E-state index contributed by atoms with van der Waals surface area (Å²) in [5.41, 5.74) is 1.37. The van der Waals surface area contributed by atoms with E-state index in [1.807, 2.05) is 12.1 Å². The number of carbonyl (C=O) groups excluding carboxylic acids is 1. The van der Waals surface area contributed by atoms with Crippen LogP contribution in [0.1, 0.15) is 36.4 Å². The second-order valence-corrected chi connectivity index (χ2v) is 6.89. The molecule has 6 heteroatoms. The molecule has 1 aromatic carbocycles. The Hall–Kier alpha value is -1.98. The van der Waals surface area contributed by atoms with Crippen molar-refractivity contribution >= 4 is 17.5 Å². The van der Waals surface area contributed by atoms with E-state index in [2.05, 4.69) is 10.3 Å². The highest BCUT2D eigenvalue weighted by Crippen LogP contribution is 2.30. The van der Waals surface area contributed by atoms with Gasteiger partial charge in [0.05, 0.1) is 6.04 Å². The highest BCUT2D eigenvalue weighted by molar-refractivity contribution is 6.31. The lowest BCUT2D eigenvalue weighted by molar-refractivity contribution is -0.122. The van der Waals surface area contributed by atoms with Gasteiger partial charge in [-0.15, -0.1) is 0 Å². The number of ether oxygens (including phenoxy) is 1. The van der Waals surface area contributed by atoms with Gasteiger partial charge in [-0.05, 0) is 48.9 Å². The van der Waals surface area contributed by atoms with Crippen LogP contribution in [0, 0.1) is 11.7 Å². The van der Waals surface area contributed by atoms with Gasteiger partial charge in [0.25, 0.3) is 0 Å². The summed E-state index contributed by atoms with van der Waals surface area (Å²) in [5, 5.41) is 3.46. The normalized spacial score (nSPS) is 16.2. The van der Waals surface area contributed by atoms with E-state index in [1.165, 1.54) is 6.07 Å². The van der Waals surface area contributed by atoms with Crippen molar-refractivity contribution in [2.45, 2.75) is 31.7 Å². The number of pyridine rings is 1. The van der Waals surface area contributed by atoms with Gasteiger partial charge in [-0.3, -0.25) is 9.78 Å². The van der Waals surface area contributed by atoms with E-state index >= 15 is 0 Å². The zero-order valence-corrected chi connectivity index (χ0v) is 15.2. The van der Waals surface area contributed by atoms with Crippen molar-refractivity contribution in [1.82, 2.24) is 10.3 Å². The molecule has 3 rings (SSSR count). The van der Waals surface area contributed by atoms with E-state index in [9.17, 15) is 9.18 Å². The van der Waals surface area contributed by atoms with Crippen molar-refractivity contribution in [2.24, 2.45) is 5.92 Å². The first kappa shape index (κ1) is 18.8. The topological polar surface area (TPSA) is 51.2 Å². The molecule has 1 saturated heterocycles. The average Bonchev–Trinajstić information content (AvgIpc) is 2.67. The van der Waals surface area contributed by atoms with Gasteiger partial charge in [0, 0.05) is 42.6 Å². The van der Waals surface area contributed by atoms with E-state index in [0.29, 0.717) is 29.7 Å². The Morgan fingerprint density at radius 1 is 1.31 bits per heavy atom. The Balaban J connectivity index is 1.67. The Kier molecular flexibility index (Phi) is 6.58. The summed E-state index contributed by atoms with van der Waals surface area (Å²) in [6, 6.07) is 8.28. The summed E-state index contributed by atoms with van der Waals surface area (Å²) in [4.78, 5) is 16.7. The smallest absolute Gasteiger partial charge is 0.220 e. The molecule has 26 heavy (non-hydrogen) atoms. The first-order chi connectivity index (χ1) is 12.6. The van der Waals surface area contributed by atoms with E-state index in [-0.39, 0.29) is 30.6 Å². The molecule has 138 valence electrons. The lowest BCUT2D eigenvalue weighted by atomic mass is 9.87. The molecule has 0 unspecified atom stereocenters. The molecule has 1 aromatic heterocycles. The number of halogens is 2. The maximum absolute atomic E-state index is 13.9. The number of aromatic nitrogens is 1. The molecular formula is C20H22ClFN2O2. The largest absolute Gasteiger partial charge is 0.381 e. The summed E-state index contributed by atoms with van der Waals surface area (Å²) in [6.07, 6.45) is 5.73. The molecule has 4 nitrogen and oxygen atoms in total. The van der Waals surface area contributed by atoms with E-state index < -0.39 is 0 Å². The van der Waals surface area contributed by atoms with Gasteiger partial charge in [0.1, 0.15) is 5.82 Å². The predicted molar refractivity (Wildman–Crippen MR) is 98.4 cm³/mol. The van der Waals surface area contributed by atoms with E-state index in [4.69, 9.17) is 16.3 Å². The van der Waals surface area contributed by atoms with Gasteiger partial charge in [-0.1, -0.05) is 23.7 Å². The van der Waals surface area contributed by atoms with Gasteiger partial charge in [0.2, 0.25) is 5.91 Å². The van der Waals surface area contributed by atoms with Crippen LogP contribution in [0.4, 0.5) is 4.39 Å². The minimum absolute atomic E-state index is 0.115. The third kappa shape index (κ3) is 4.80. The molecule has 0 aliphatic carbocycles. The zero-order chi connectivity index (χ0) is 18.4. The molecule has 1 fully saturated rings.